The molecule has 3 heteroatoms. The molecule has 1 saturated carbocycles. The fraction of sp³-hybridized carbons (Fsp3) is 0.923. The largest absolute Gasteiger partial charge is 0.316 e. The predicted octanol–water partition coefficient (Wildman–Crippen LogP) is 1.75. The maximum atomic E-state index is 8.41. The van der Waals surface area contributed by atoms with Crippen molar-refractivity contribution < 1.29 is 0 Å². The standard InChI is InChI=1S/C13H23N3/c14-7-2-1-3-8-15-10-12-6-9-16(11-12)13-4-5-13/h12-13,15H,1-6,8-11H2. The van der Waals surface area contributed by atoms with Crippen LogP contribution < -0.4 is 5.32 Å². The summed E-state index contributed by atoms with van der Waals surface area (Å²) in [6.07, 6.45) is 7.15. The van der Waals surface area contributed by atoms with E-state index in [4.69, 9.17) is 5.26 Å². The van der Waals surface area contributed by atoms with Gasteiger partial charge in [-0.25, -0.2) is 0 Å². The molecular formula is C13H23N3. The van der Waals surface area contributed by atoms with Crippen LogP contribution >= 0.6 is 0 Å². The number of likely N-dealkylation sites (tertiary alicyclic amines) is 1. The molecule has 1 saturated heterocycles. The Balaban J connectivity index is 1.46. The van der Waals surface area contributed by atoms with Gasteiger partial charge in [0.1, 0.15) is 0 Å². The zero-order chi connectivity index (χ0) is 11.2. The topological polar surface area (TPSA) is 39.1 Å². The Morgan fingerprint density at radius 2 is 2.12 bits per heavy atom. The van der Waals surface area contributed by atoms with Crippen molar-refractivity contribution in [1.29, 1.82) is 5.26 Å². The zero-order valence-electron chi connectivity index (χ0n) is 10.1. The molecule has 0 bridgehead atoms. The molecule has 1 unspecified atom stereocenters. The minimum atomic E-state index is 0.709. The van der Waals surface area contributed by atoms with Gasteiger partial charge in [-0.1, -0.05) is 0 Å². The molecule has 2 fully saturated rings. The number of nitrogens with zero attached hydrogens (tertiary/aromatic N) is 2. The molecule has 16 heavy (non-hydrogen) atoms. The quantitative estimate of drug-likeness (QED) is 0.666. The Hall–Kier alpha value is -0.590. The molecule has 2 rings (SSSR count). The van der Waals surface area contributed by atoms with E-state index in [0.717, 1.165) is 31.3 Å². The fourth-order valence-corrected chi connectivity index (χ4v) is 2.56. The number of nitriles is 1. The minimum Gasteiger partial charge on any atom is -0.316 e. The van der Waals surface area contributed by atoms with Crippen LogP contribution in [-0.2, 0) is 0 Å². The van der Waals surface area contributed by atoms with Crippen LogP contribution in [0.1, 0.15) is 38.5 Å². The molecule has 1 atom stereocenters. The van der Waals surface area contributed by atoms with Gasteiger partial charge in [0, 0.05) is 19.0 Å². The van der Waals surface area contributed by atoms with Gasteiger partial charge in [-0.2, -0.15) is 5.26 Å². The maximum absolute atomic E-state index is 8.41. The molecule has 0 radical (unpaired) electrons. The number of hydrogen-bond donors (Lipinski definition) is 1. The van der Waals surface area contributed by atoms with Crippen LogP contribution in [0.25, 0.3) is 0 Å². The average Bonchev–Trinajstić information content (AvgIpc) is 3.04. The third-order valence-electron chi connectivity index (χ3n) is 3.71. The molecule has 0 aromatic rings. The van der Waals surface area contributed by atoms with E-state index < -0.39 is 0 Å². The monoisotopic (exact) mass is 221 g/mol. The highest BCUT2D eigenvalue weighted by Gasteiger charge is 2.33. The summed E-state index contributed by atoms with van der Waals surface area (Å²) >= 11 is 0. The van der Waals surface area contributed by atoms with Crippen molar-refractivity contribution >= 4 is 0 Å². The molecule has 0 spiro atoms. The molecule has 0 amide bonds. The van der Waals surface area contributed by atoms with E-state index in [1.807, 2.05) is 0 Å². The van der Waals surface area contributed by atoms with Crippen molar-refractivity contribution in [2.45, 2.75) is 44.6 Å². The van der Waals surface area contributed by atoms with E-state index in [1.165, 1.54) is 38.9 Å². The summed E-state index contributed by atoms with van der Waals surface area (Å²) in [5, 5.41) is 11.9. The van der Waals surface area contributed by atoms with E-state index in [9.17, 15) is 0 Å². The Labute approximate surface area is 98.8 Å². The Bertz CT molecular complexity index is 242. The highest BCUT2D eigenvalue weighted by atomic mass is 15.2. The van der Waals surface area contributed by atoms with Crippen molar-refractivity contribution in [1.82, 2.24) is 10.2 Å². The highest BCUT2D eigenvalue weighted by molar-refractivity contribution is 4.89. The Morgan fingerprint density at radius 3 is 2.88 bits per heavy atom. The van der Waals surface area contributed by atoms with Crippen LogP contribution in [0.2, 0.25) is 0 Å². The lowest BCUT2D eigenvalue weighted by molar-refractivity contribution is 0.312. The predicted molar refractivity (Wildman–Crippen MR) is 65.0 cm³/mol. The first-order valence-electron chi connectivity index (χ1n) is 6.72. The maximum Gasteiger partial charge on any atom is 0.0621 e. The van der Waals surface area contributed by atoms with Crippen LogP contribution in [0.3, 0.4) is 0 Å². The molecule has 90 valence electrons. The number of hydrogen-bond acceptors (Lipinski definition) is 3. The number of unbranched alkanes of at least 4 members (excludes halogenated alkanes) is 2. The van der Waals surface area contributed by atoms with Crippen molar-refractivity contribution in [2.75, 3.05) is 26.2 Å². The smallest absolute Gasteiger partial charge is 0.0621 e. The van der Waals surface area contributed by atoms with Crippen molar-refractivity contribution in [3.8, 4) is 6.07 Å². The molecule has 0 aromatic carbocycles. The molecule has 2 aliphatic rings. The summed E-state index contributed by atoms with van der Waals surface area (Å²) in [4.78, 5) is 2.67. The van der Waals surface area contributed by atoms with Gasteiger partial charge in [-0.3, -0.25) is 0 Å². The first kappa shape index (κ1) is 11.9. The first-order chi connectivity index (χ1) is 7.90. The van der Waals surface area contributed by atoms with E-state index in [-0.39, 0.29) is 0 Å². The minimum absolute atomic E-state index is 0.709. The lowest BCUT2D eigenvalue weighted by Gasteiger charge is -2.15. The van der Waals surface area contributed by atoms with Gasteiger partial charge < -0.3 is 10.2 Å². The SMILES string of the molecule is N#CCCCCNCC1CCN(C2CC2)C1. The Kier molecular flexibility index (Phi) is 4.62. The molecule has 1 heterocycles. The van der Waals surface area contributed by atoms with Crippen molar-refractivity contribution in [3.05, 3.63) is 0 Å². The van der Waals surface area contributed by atoms with Crippen molar-refractivity contribution in [2.24, 2.45) is 5.92 Å². The van der Waals surface area contributed by atoms with E-state index in [1.54, 1.807) is 0 Å². The number of nitrogens with one attached hydrogen (secondary N) is 1. The van der Waals surface area contributed by atoms with Gasteiger partial charge in [0.25, 0.3) is 0 Å². The Morgan fingerprint density at radius 1 is 1.25 bits per heavy atom. The first-order valence-corrected chi connectivity index (χ1v) is 6.72. The van der Waals surface area contributed by atoms with Crippen LogP contribution in [0.5, 0.6) is 0 Å². The summed E-state index contributed by atoms with van der Waals surface area (Å²) < 4.78 is 0. The summed E-state index contributed by atoms with van der Waals surface area (Å²) in [5.74, 6) is 0.872. The van der Waals surface area contributed by atoms with E-state index in [0.29, 0.717) is 6.42 Å². The second-order valence-electron chi connectivity index (χ2n) is 5.20. The lowest BCUT2D eigenvalue weighted by Crippen LogP contribution is -2.28. The molecule has 1 N–H and O–H groups in total. The second-order valence-corrected chi connectivity index (χ2v) is 5.20. The van der Waals surface area contributed by atoms with Crippen molar-refractivity contribution in [3.63, 3.8) is 0 Å². The van der Waals surface area contributed by atoms with Crippen LogP contribution in [0, 0.1) is 17.2 Å². The van der Waals surface area contributed by atoms with Gasteiger partial charge in [0.15, 0.2) is 0 Å². The van der Waals surface area contributed by atoms with E-state index in [2.05, 4.69) is 16.3 Å². The molecular weight excluding hydrogens is 198 g/mol. The van der Waals surface area contributed by atoms with Gasteiger partial charge >= 0.3 is 0 Å². The summed E-state index contributed by atoms with van der Waals surface area (Å²) in [6, 6.07) is 3.14. The third kappa shape index (κ3) is 3.77. The average molecular weight is 221 g/mol. The molecule has 1 aliphatic heterocycles. The fourth-order valence-electron chi connectivity index (χ4n) is 2.56. The third-order valence-corrected chi connectivity index (χ3v) is 3.71. The lowest BCUT2D eigenvalue weighted by atomic mass is 10.1. The van der Waals surface area contributed by atoms with Crippen LogP contribution in [0.4, 0.5) is 0 Å². The van der Waals surface area contributed by atoms with Crippen LogP contribution in [0.15, 0.2) is 0 Å². The highest BCUT2D eigenvalue weighted by Crippen LogP contribution is 2.31. The summed E-state index contributed by atoms with van der Waals surface area (Å²) in [5.41, 5.74) is 0. The summed E-state index contributed by atoms with van der Waals surface area (Å²) in [6.45, 7) is 4.90. The van der Waals surface area contributed by atoms with Gasteiger partial charge in [-0.15, -0.1) is 0 Å². The number of rotatable bonds is 7. The zero-order valence-corrected chi connectivity index (χ0v) is 10.1. The van der Waals surface area contributed by atoms with E-state index >= 15 is 0 Å². The summed E-state index contributed by atoms with van der Waals surface area (Å²) in [7, 11) is 0. The van der Waals surface area contributed by atoms with Gasteiger partial charge in [0.05, 0.1) is 6.07 Å². The molecule has 3 nitrogen and oxygen atoms in total. The normalized spacial score (nSPS) is 25.8. The second kappa shape index (κ2) is 6.22. The van der Waals surface area contributed by atoms with Gasteiger partial charge in [-0.05, 0) is 57.7 Å². The molecule has 0 aromatic heterocycles. The van der Waals surface area contributed by atoms with Gasteiger partial charge in [0.2, 0.25) is 0 Å². The van der Waals surface area contributed by atoms with Crippen LogP contribution in [-0.4, -0.2) is 37.1 Å². The molecule has 1 aliphatic carbocycles.